The maximum atomic E-state index is 13.6. The molecule has 0 fully saturated rings. The third kappa shape index (κ3) is 3.65. The number of nitrogens with zero attached hydrogens (tertiary/aromatic N) is 11. The van der Waals surface area contributed by atoms with Crippen LogP contribution in [0.3, 0.4) is 0 Å². The fourth-order valence-corrected chi connectivity index (χ4v) is 4.89. The first-order chi connectivity index (χ1) is 20.4. The van der Waals surface area contributed by atoms with Gasteiger partial charge in [0.25, 0.3) is 11.4 Å². The lowest BCUT2D eigenvalue weighted by Crippen LogP contribution is -2.00. The predicted octanol–water partition coefficient (Wildman–Crippen LogP) is 4.97. The number of hydrogen-bond donors (Lipinski definition) is 0. The Labute approximate surface area is 235 Å². The van der Waals surface area contributed by atoms with Crippen molar-refractivity contribution in [3.63, 3.8) is 0 Å². The van der Waals surface area contributed by atoms with Crippen LogP contribution in [0.15, 0.2) is 42.2 Å². The monoisotopic (exact) mass is 545 g/mol. The Morgan fingerprint density at radius 3 is 1.67 bits per heavy atom. The second kappa shape index (κ2) is 10.1. The molecule has 2 aliphatic rings. The number of nitriles is 4. The molecule has 2 aromatic heterocycles. The van der Waals surface area contributed by atoms with E-state index < -0.39 is 23.6 Å². The first kappa shape index (κ1) is 26.2. The summed E-state index contributed by atoms with van der Waals surface area (Å²) in [6.45, 7) is 23.2. The molecule has 2 heterocycles. The van der Waals surface area contributed by atoms with Crippen LogP contribution in [0, 0.1) is 77.2 Å². The maximum absolute atomic E-state index is 13.6. The zero-order valence-corrected chi connectivity index (χ0v) is 20.6. The summed E-state index contributed by atoms with van der Waals surface area (Å²) in [6.07, 6.45) is 2.08. The zero-order valence-electron chi connectivity index (χ0n) is 20.6. The molecular formula is C29H5F2N11. The Kier molecular flexibility index (Phi) is 6.29. The Bertz CT molecular complexity index is 2170. The van der Waals surface area contributed by atoms with E-state index in [1.54, 1.807) is 12.1 Å². The number of benzene rings is 1. The van der Waals surface area contributed by atoms with E-state index in [0.717, 1.165) is 24.8 Å². The largest absolute Gasteiger partial charge is 0.308 e. The van der Waals surface area contributed by atoms with Crippen molar-refractivity contribution < 1.29 is 8.78 Å². The summed E-state index contributed by atoms with van der Waals surface area (Å²) in [7, 11) is 0. The van der Waals surface area contributed by atoms with Crippen LogP contribution in [0.1, 0.15) is 38.9 Å². The second-order valence-corrected chi connectivity index (χ2v) is 8.28. The molecule has 0 spiro atoms. The van der Waals surface area contributed by atoms with Crippen molar-refractivity contribution in [1.82, 2.24) is 19.9 Å². The standard InChI is InChI=1S/C29H5F2N11/c1-36-19(7-34)25-16-4-15-17(5-32)21(13-9-39-28(30)40-10-13)26(20(8-35)37-2)23(15)18(6-33)24(16)27(38-3)22(25)14-11-41-29(31)42-12-14/h4,9-12H/b25-19-,26-20-. The van der Waals surface area contributed by atoms with Gasteiger partial charge in [-0.1, -0.05) is 0 Å². The van der Waals surface area contributed by atoms with Crippen molar-refractivity contribution >= 4 is 33.6 Å². The molecule has 11 nitrogen and oxygen atoms in total. The summed E-state index contributed by atoms with van der Waals surface area (Å²) in [6, 6.07) is 8.92. The average Bonchev–Trinajstić information content (AvgIpc) is 3.51. The lowest BCUT2D eigenvalue weighted by atomic mass is 9.88. The Morgan fingerprint density at radius 1 is 0.690 bits per heavy atom. The molecule has 0 amide bonds. The number of fused-ring (bicyclic) bond motifs is 2. The van der Waals surface area contributed by atoms with Gasteiger partial charge in [-0.3, -0.25) is 0 Å². The van der Waals surface area contributed by atoms with E-state index in [2.05, 4.69) is 34.5 Å². The Hall–Kier alpha value is -7.37. The molecule has 0 saturated carbocycles. The minimum absolute atomic E-state index is 0.0152. The summed E-state index contributed by atoms with van der Waals surface area (Å²) in [4.78, 5) is 24.2. The van der Waals surface area contributed by atoms with Crippen molar-refractivity contribution in [3.05, 3.63) is 128 Å². The molecule has 1 aromatic carbocycles. The van der Waals surface area contributed by atoms with Crippen molar-refractivity contribution in [2.24, 2.45) is 0 Å². The van der Waals surface area contributed by atoms with Crippen LogP contribution < -0.4 is 0 Å². The molecule has 2 aliphatic carbocycles. The van der Waals surface area contributed by atoms with E-state index in [0.29, 0.717) is 0 Å². The summed E-state index contributed by atoms with van der Waals surface area (Å²) >= 11 is 0. The molecule has 5 rings (SSSR count). The van der Waals surface area contributed by atoms with Crippen LogP contribution in [0.5, 0.6) is 0 Å². The summed E-state index contributed by atoms with van der Waals surface area (Å²) in [5.74, 6) is 0. The van der Waals surface area contributed by atoms with E-state index in [1.165, 1.54) is 6.07 Å². The van der Waals surface area contributed by atoms with Crippen molar-refractivity contribution in [1.29, 1.82) is 21.0 Å². The predicted molar refractivity (Wildman–Crippen MR) is 139 cm³/mol. The molecule has 0 radical (unpaired) electrons. The van der Waals surface area contributed by atoms with Crippen LogP contribution >= 0.6 is 0 Å². The van der Waals surface area contributed by atoms with Crippen LogP contribution in [-0.4, -0.2) is 19.9 Å². The van der Waals surface area contributed by atoms with Crippen molar-refractivity contribution in [2.75, 3.05) is 0 Å². The highest BCUT2D eigenvalue weighted by Gasteiger charge is 2.40. The molecule has 0 saturated heterocycles. The minimum atomic E-state index is -1.07. The van der Waals surface area contributed by atoms with Gasteiger partial charge < -0.3 is 0 Å². The third-order valence-electron chi connectivity index (χ3n) is 6.40. The van der Waals surface area contributed by atoms with Gasteiger partial charge in [-0.05, 0) is 28.3 Å². The van der Waals surface area contributed by atoms with Gasteiger partial charge in [0, 0.05) is 58.2 Å². The molecular weight excluding hydrogens is 540 g/mol. The summed E-state index contributed by atoms with van der Waals surface area (Å²) in [5.41, 5.74) is -1.59. The molecule has 0 unspecified atom stereocenters. The quantitative estimate of drug-likeness (QED) is 0.248. The fraction of sp³-hybridized carbons (Fsp3) is 0. The molecule has 0 aliphatic heterocycles. The molecule has 0 atom stereocenters. The highest BCUT2D eigenvalue weighted by molar-refractivity contribution is 6.30. The fourth-order valence-electron chi connectivity index (χ4n) is 4.89. The van der Waals surface area contributed by atoms with E-state index in [4.69, 9.17) is 19.7 Å². The summed E-state index contributed by atoms with van der Waals surface area (Å²) < 4.78 is 27.1. The van der Waals surface area contributed by atoms with Crippen LogP contribution in [0.25, 0.3) is 48.1 Å². The van der Waals surface area contributed by atoms with Crippen molar-refractivity contribution in [3.8, 4) is 24.3 Å². The van der Waals surface area contributed by atoms with E-state index in [9.17, 15) is 29.8 Å². The first-order valence-electron chi connectivity index (χ1n) is 11.3. The van der Waals surface area contributed by atoms with Gasteiger partial charge in [0.2, 0.25) is 5.70 Å². The van der Waals surface area contributed by atoms with Crippen molar-refractivity contribution in [2.45, 2.75) is 0 Å². The number of hydrogen-bond acceptors (Lipinski definition) is 8. The lowest BCUT2D eigenvalue weighted by Gasteiger charge is -2.14. The minimum Gasteiger partial charge on any atom is -0.237 e. The van der Waals surface area contributed by atoms with Crippen LogP contribution in [-0.2, 0) is 0 Å². The third-order valence-corrected chi connectivity index (χ3v) is 6.40. The normalized spacial score (nSPS) is 15.1. The van der Waals surface area contributed by atoms with Gasteiger partial charge in [0.1, 0.15) is 6.07 Å². The number of halogens is 2. The zero-order chi connectivity index (χ0) is 30.1. The number of aromatic nitrogens is 4. The highest BCUT2D eigenvalue weighted by Crippen LogP contribution is 2.56. The van der Waals surface area contributed by atoms with E-state index >= 15 is 0 Å². The Balaban J connectivity index is 2.02. The smallest absolute Gasteiger partial charge is 0.237 e. The molecule has 190 valence electrons. The second-order valence-electron chi connectivity index (χ2n) is 8.28. The van der Waals surface area contributed by atoms with Gasteiger partial charge in [-0.15, -0.1) is 0 Å². The number of allylic oxidation sites excluding steroid dienone is 7. The highest BCUT2D eigenvalue weighted by atomic mass is 19.1. The lowest BCUT2D eigenvalue weighted by molar-refractivity contribution is 0.537. The molecule has 13 heteroatoms. The van der Waals surface area contributed by atoms with Crippen LogP contribution in [0.2, 0.25) is 0 Å². The Morgan fingerprint density at radius 2 is 1.21 bits per heavy atom. The van der Waals surface area contributed by atoms with Gasteiger partial charge in [-0.25, -0.2) is 45.0 Å². The SMILES string of the molecule is [C-]#[N+]C1=C(c2cnc(F)nc2)/C(=C(/C#N)[N+]#[C-])c2cc3c(c(C#N)c21)/C(=C(/C#N)[N+]#[C-])C(c1cnc(F)nc1)=C3C#N. The first-order valence-corrected chi connectivity index (χ1v) is 11.3. The molecule has 0 bridgehead atoms. The van der Waals surface area contributed by atoms with Crippen LogP contribution in [0.4, 0.5) is 8.78 Å². The average molecular weight is 545 g/mol. The molecule has 42 heavy (non-hydrogen) atoms. The maximum Gasteiger partial charge on any atom is 0.308 e. The topological polar surface area (TPSA) is 160 Å². The van der Waals surface area contributed by atoms with Gasteiger partial charge >= 0.3 is 12.2 Å². The molecule has 3 aromatic rings. The van der Waals surface area contributed by atoms with Gasteiger partial charge in [0.15, 0.2) is 0 Å². The van der Waals surface area contributed by atoms with E-state index in [-0.39, 0.29) is 72.5 Å². The van der Waals surface area contributed by atoms with E-state index in [1.807, 2.05) is 12.1 Å². The summed E-state index contributed by atoms with van der Waals surface area (Å²) in [5, 5.41) is 40.4. The van der Waals surface area contributed by atoms with Gasteiger partial charge in [-0.2, -0.15) is 19.3 Å². The number of rotatable bonds is 2. The van der Waals surface area contributed by atoms with Gasteiger partial charge in [0.05, 0.1) is 49.1 Å². The molecule has 0 N–H and O–H groups in total.